The average Bonchev–Trinajstić information content (AvgIpc) is 3.10. The first-order valence-corrected chi connectivity index (χ1v) is 9.54. The van der Waals surface area contributed by atoms with Gasteiger partial charge in [-0.25, -0.2) is 4.68 Å². The van der Waals surface area contributed by atoms with Crippen LogP contribution in [0, 0.1) is 0 Å². The monoisotopic (exact) mass is 410 g/mol. The molecule has 0 saturated heterocycles. The van der Waals surface area contributed by atoms with Crippen LogP contribution in [-0.4, -0.2) is 41.6 Å². The van der Waals surface area contributed by atoms with Gasteiger partial charge in [-0.3, -0.25) is 4.79 Å². The first-order chi connectivity index (χ1) is 13.7. The Balaban J connectivity index is 1.93. The van der Waals surface area contributed by atoms with E-state index in [0.717, 1.165) is 22.2 Å². The number of halogens is 3. The minimum absolute atomic E-state index is 0.0743. The number of rotatable bonds is 6. The second-order valence-electron chi connectivity index (χ2n) is 7.27. The van der Waals surface area contributed by atoms with Crippen molar-refractivity contribution in [2.75, 3.05) is 19.0 Å². The number of fused-ring (bicyclic) bond motifs is 1. The van der Waals surface area contributed by atoms with E-state index < -0.39 is 24.2 Å². The number of aromatic nitrogens is 2. The highest BCUT2D eigenvalue weighted by atomic mass is 19.4. The molecule has 0 radical (unpaired) electrons. The number of carbonyl (C=O) groups excluding carboxylic acids is 1. The number of nitrogens with one attached hydrogen (secondary N) is 2. The van der Waals surface area contributed by atoms with Crippen molar-refractivity contribution in [3.63, 3.8) is 0 Å². The summed E-state index contributed by atoms with van der Waals surface area (Å²) in [6.45, 7) is 4.06. The molecule has 2 aromatic rings. The van der Waals surface area contributed by atoms with Crippen LogP contribution in [0.4, 0.5) is 19.0 Å². The number of anilines is 1. The first kappa shape index (κ1) is 21.2. The Morgan fingerprint density at radius 1 is 1.38 bits per heavy atom. The number of aryl methyl sites for hydroxylation is 1. The Labute approximate surface area is 167 Å². The number of hydrogen-bond acceptors (Lipinski definition) is 4. The van der Waals surface area contributed by atoms with Crippen LogP contribution in [0.1, 0.15) is 53.8 Å². The molecule has 1 aromatic carbocycles. The van der Waals surface area contributed by atoms with E-state index in [1.807, 2.05) is 31.2 Å². The van der Waals surface area contributed by atoms with Crippen LogP contribution in [0.5, 0.6) is 0 Å². The fraction of sp³-hybridized carbons (Fsp3) is 0.500. The van der Waals surface area contributed by atoms with Gasteiger partial charge in [-0.15, -0.1) is 0 Å². The molecule has 158 valence electrons. The van der Waals surface area contributed by atoms with E-state index in [-0.39, 0.29) is 23.8 Å². The molecule has 3 rings (SSSR count). The maximum atomic E-state index is 13.7. The second kappa shape index (κ2) is 8.44. The zero-order valence-corrected chi connectivity index (χ0v) is 16.6. The van der Waals surface area contributed by atoms with E-state index in [0.29, 0.717) is 6.61 Å². The summed E-state index contributed by atoms with van der Waals surface area (Å²) in [4.78, 5) is 12.6. The minimum Gasteiger partial charge on any atom is -0.383 e. The number of benzene rings is 1. The molecule has 6 nitrogen and oxygen atoms in total. The zero-order chi connectivity index (χ0) is 21.2. The first-order valence-electron chi connectivity index (χ1n) is 9.54. The van der Waals surface area contributed by atoms with E-state index >= 15 is 0 Å². The van der Waals surface area contributed by atoms with Gasteiger partial charge in [0.05, 0.1) is 18.8 Å². The predicted molar refractivity (Wildman–Crippen MR) is 103 cm³/mol. The summed E-state index contributed by atoms with van der Waals surface area (Å²) in [5.74, 6) is -0.420. The molecule has 2 heterocycles. The molecule has 1 aliphatic rings. The van der Waals surface area contributed by atoms with Gasteiger partial charge in [0.2, 0.25) is 0 Å². The number of nitrogens with zero attached hydrogens (tertiary/aromatic N) is 2. The summed E-state index contributed by atoms with van der Waals surface area (Å²) in [7, 11) is 1.51. The summed E-state index contributed by atoms with van der Waals surface area (Å²) in [6.07, 6.45) is -2.66. The van der Waals surface area contributed by atoms with Crippen LogP contribution in [0.25, 0.3) is 0 Å². The standard InChI is InChI=1S/C20H25F3N4O2/c1-4-13-5-7-14(8-6-13)16-9-17(20(21,22)23)27-18(26-16)15(10-24-27)19(28)25-12(2)11-29-3/h5-8,10,12,16-17,26H,4,9,11H2,1-3H3,(H,25,28)/t12-,16-,17-/m0/s1. The van der Waals surface area contributed by atoms with Crippen LogP contribution in [0.3, 0.4) is 0 Å². The summed E-state index contributed by atoms with van der Waals surface area (Å²) >= 11 is 0. The van der Waals surface area contributed by atoms with Crippen molar-refractivity contribution in [2.45, 2.75) is 51.0 Å². The molecular formula is C20H25F3N4O2. The Kier molecular flexibility index (Phi) is 6.16. The molecule has 0 aliphatic carbocycles. The molecule has 0 bridgehead atoms. The lowest BCUT2D eigenvalue weighted by Gasteiger charge is -2.34. The van der Waals surface area contributed by atoms with Crippen LogP contribution in [0.15, 0.2) is 30.5 Å². The molecule has 0 saturated carbocycles. The normalized spacial score (nSPS) is 19.9. The Hall–Kier alpha value is -2.55. The van der Waals surface area contributed by atoms with E-state index in [2.05, 4.69) is 15.7 Å². The molecule has 3 atom stereocenters. The summed E-state index contributed by atoms with van der Waals surface area (Å²) in [5.41, 5.74) is 1.93. The highest BCUT2D eigenvalue weighted by Crippen LogP contribution is 2.44. The highest BCUT2D eigenvalue weighted by Gasteiger charge is 2.47. The van der Waals surface area contributed by atoms with Crippen molar-refractivity contribution in [3.8, 4) is 0 Å². The lowest BCUT2D eigenvalue weighted by Crippen LogP contribution is -2.38. The number of hydrogen-bond donors (Lipinski definition) is 2. The van der Waals surface area contributed by atoms with E-state index in [1.165, 1.54) is 13.3 Å². The number of methoxy groups -OCH3 is 1. The minimum atomic E-state index is -4.48. The molecule has 9 heteroatoms. The van der Waals surface area contributed by atoms with Gasteiger partial charge < -0.3 is 15.4 Å². The lowest BCUT2D eigenvalue weighted by atomic mass is 9.95. The maximum Gasteiger partial charge on any atom is 0.410 e. The van der Waals surface area contributed by atoms with Gasteiger partial charge in [0.15, 0.2) is 6.04 Å². The Morgan fingerprint density at radius 2 is 2.07 bits per heavy atom. The quantitative estimate of drug-likeness (QED) is 0.759. The Morgan fingerprint density at radius 3 is 2.66 bits per heavy atom. The van der Waals surface area contributed by atoms with Gasteiger partial charge in [-0.2, -0.15) is 18.3 Å². The van der Waals surface area contributed by atoms with E-state index in [4.69, 9.17) is 4.74 Å². The van der Waals surface area contributed by atoms with Crippen LogP contribution >= 0.6 is 0 Å². The molecule has 1 aromatic heterocycles. The van der Waals surface area contributed by atoms with Gasteiger partial charge in [-0.1, -0.05) is 31.2 Å². The Bertz CT molecular complexity index is 848. The molecule has 2 N–H and O–H groups in total. The van der Waals surface area contributed by atoms with Crippen molar-refractivity contribution in [1.29, 1.82) is 0 Å². The fourth-order valence-electron chi connectivity index (χ4n) is 3.53. The van der Waals surface area contributed by atoms with Crippen LogP contribution in [0.2, 0.25) is 0 Å². The zero-order valence-electron chi connectivity index (χ0n) is 16.6. The average molecular weight is 410 g/mol. The molecule has 0 spiro atoms. The number of amides is 1. The third-order valence-corrected chi connectivity index (χ3v) is 5.07. The maximum absolute atomic E-state index is 13.7. The third kappa shape index (κ3) is 4.55. The second-order valence-corrected chi connectivity index (χ2v) is 7.27. The van der Waals surface area contributed by atoms with Gasteiger partial charge in [0, 0.05) is 19.6 Å². The molecular weight excluding hydrogens is 385 g/mol. The molecule has 29 heavy (non-hydrogen) atoms. The predicted octanol–water partition coefficient (Wildman–Crippen LogP) is 3.87. The molecule has 0 unspecified atom stereocenters. The van der Waals surface area contributed by atoms with Crippen LogP contribution < -0.4 is 10.6 Å². The van der Waals surface area contributed by atoms with Crippen molar-refractivity contribution >= 4 is 11.7 Å². The van der Waals surface area contributed by atoms with Crippen molar-refractivity contribution in [2.24, 2.45) is 0 Å². The van der Waals surface area contributed by atoms with Gasteiger partial charge >= 0.3 is 6.18 Å². The fourth-order valence-corrected chi connectivity index (χ4v) is 3.53. The van der Waals surface area contributed by atoms with Crippen LogP contribution in [-0.2, 0) is 11.2 Å². The van der Waals surface area contributed by atoms with Gasteiger partial charge in [-0.05, 0) is 24.5 Å². The molecule has 1 amide bonds. The smallest absolute Gasteiger partial charge is 0.383 e. The lowest BCUT2D eigenvalue weighted by molar-refractivity contribution is -0.173. The summed E-state index contributed by atoms with van der Waals surface area (Å²) in [5, 5.41) is 9.69. The van der Waals surface area contributed by atoms with Gasteiger partial charge in [0.25, 0.3) is 5.91 Å². The van der Waals surface area contributed by atoms with Crippen molar-refractivity contribution in [3.05, 3.63) is 47.2 Å². The SMILES string of the molecule is CCc1ccc([C@@H]2C[C@@H](C(F)(F)F)n3ncc(C(=O)N[C@@H](C)COC)c3N2)cc1. The van der Waals surface area contributed by atoms with E-state index in [1.54, 1.807) is 6.92 Å². The largest absolute Gasteiger partial charge is 0.410 e. The third-order valence-electron chi connectivity index (χ3n) is 5.07. The highest BCUT2D eigenvalue weighted by molar-refractivity contribution is 5.99. The molecule has 0 fully saturated rings. The number of carbonyl (C=O) groups is 1. The molecule has 1 aliphatic heterocycles. The summed E-state index contributed by atoms with van der Waals surface area (Å²) in [6, 6.07) is 4.79. The van der Waals surface area contributed by atoms with Crippen molar-refractivity contribution < 1.29 is 22.7 Å². The van der Waals surface area contributed by atoms with Crippen molar-refractivity contribution in [1.82, 2.24) is 15.1 Å². The number of ether oxygens (including phenoxy) is 1. The number of alkyl halides is 3. The summed E-state index contributed by atoms with van der Waals surface area (Å²) < 4.78 is 47.1. The topological polar surface area (TPSA) is 68.2 Å². The van der Waals surface area contributed by atoms with E-state index in [9.17, 15) is 18.0 Å². The van der Waals surface area contributed by atoms with Gasteiger partial charge in [0.1, 0.15) is 11.4 Å².